The molecule has 0 fully saturated rings. The lowest BCUT2D eigenvalue weighted by atomic mass is 10.3. The van der Waals surface area contributed by atoms with Crippen LogP contribution in [0.25, 0.3) is 0 Å². The summed E-state index contributed by atoms with van der Waals surface area (Å²) in [6.07, 6.45) is 3.20. The first-order chi connectivity index (χ1) is 13.1. The van der Waals surface area contributed by atoms with Gasteiger partial charge in [-0.1, -0.05) is 12.1 Å². The second-order valence-corrected chi connectivity index (χ2v) is 5.64. The summed E-state index contributed by atoms with van der Waals surface area (Å²) in [4.78, 5) is 12.6. The summed E-state index contributed by atoms with van der Waals surface area (Å²) >= 11 is 0. The summed E-state index contributed by atoms with van der Waals surface area (Å²) in [6.45, 7) is 1.04. The second-order valence-electron chi connectivity index (χ2n) is 5.64. The van der Waals surface area contributed by atoms with E-state index < -0.39 is 0 Å². The first kappa shape index (κ1) is 21.5. The van der Waals surface area contributed by atoms with Gasteiger partial charge in [0.1, 0.15) is 23.7 Å². The number of nitrogens with zero attached hydrogens (tertiary/aromatic N) is 5. The SMILES string of the molecule is CN=C(NCc1ccc(Oc2cccc(F)c2)nc1)NCc1ncnn1C.I. The third-order valence-electron chi connectivity index (χ3n) is 3.72. The van der Waals surface area contributed by atoms with Crippen molar-refractivity contribution in [1.29, 1.82) is 0 Å². The van der Waals surface area contributed by atoms with E-state index in [4.69, 9.17) is 4.74 Å². The molecule has 0 saturated heterocycles. The van der Waals surface area contributed by atoms with Gasteiger partial charge in [0.2, 0.25) is 5.88 Å². The van der Waals surface area contributed by atoms with Crippen LogP contribution in [-0.4, -0.2) is 32.8 Å². The maximum atomic E-state index is 13.2. The van der Waals surface area contributed by atoms with E-state index in [9.17, 15) is 4.39 Å². The number of hydrogen-bond donors (Lipinski definition) is 2. The summed E-state index contributed by atoms with van der Waals surface area (Å²) in [5.74, 6) is 1.89. The molecule has 0 radical (unpaired) electrons. The fraction of sp³-hybridized carbons (Fsp3) is 0.222. The molecule has 2 heterocycles. The number of aliphatic imine (C=N–C) groups is 1. The summed E-state index contributed by atoms with van der Waals surface area (Å²) in [6, 6.07) is 9.54. The number of nitrogens with one attached hydrogen (secondary N) is 2. The number of guanidine groups is 1. The van der Waals surface area contributed by atoms with Crippen LogP contribution in [0.3, 0.4) is 0 Å². The maximum Gasteiger partial charge on any atom is 0.219 e. The van der Waals surface area contributed by atoms with Gasteiger partial charge in [-0.15, -0.1) is 24.0 Å². The van der Waals surface area contributed by atoms with E-state index in [-0.39, 0.29) is 29.8 Å². The molecule has 28 heavy (non-hydrogen) atoms. The van der Waals surface area contributed by atoms with Gasteiger partial charge in [0.25, 0.3) is 0 Å². The highest BCUT2D eigenvalue weighted by Crippen LogP contribution is 2.19. The first-order valence-electron chi connectivity index (χ1n) is 8.30. The number of hydrogen-bond acceptors (Lipinski definition) is 5. The van der Waals surface area contributed by atoms with Gasteiger partial charge < -0.3 is 15.4 Å². The Balaban J connectivity index is 0.00000280. The summed E-state index contributed by atoms with van der Waals surface area (Å²) in [5, 5.41) is 10.4. The third kappa shape index (κ3) is 6.15. The van der Waals surface area contributed by atoms with E-state index in [1.165, 1.54) is 18.5 Å². The van der Waals surface area contributed by atoms with Crippen molar-refractivity contribution in [2.24, 2.45) is 12.0 Å². The molecule has 0 spiro atoms. The number of ether oxygens (including phenoxy) is 1. The highest BCUT2D eigenvalue weighted by atomic mass is 127. The number of pyridine rings is 1. The zero-order chi connectivity index (χ0) is 19.1. The molecular formula is C18H21FIN7O. The quantitative estimate of drug-likeness (QED) is 0.309. The summed E-state index contributed by atoms with van der Waals surface area (Å²) in [7, 11) is 3.53. The van der Waals surface area contributed by atoms with Gasteiger partial charge in [-0.05, 0) is 17.7 Å². The van der Waals surface area contributed by atoms with Crippen molar-refractivity contribution in [3.05, 3.63) is 66.1 Å². The van der Waals surface area contributed by atoms with Gasteiger partial charge in [-0.2, -0.15) is 5.10 Å². The van der Waals surface area contributed by atoms with Crippen molar-refractivity contribution in [2.45, 2.75) is 13.1 Å². The molecule has 0 amide bonds. The topological polar surface area (TPSA) is 89.2 Å². The number of rotatable bonds is 6. The van der Waals surface area contributed by atoms with Crippen LogP contribution in [0.15, 0.2) is 53.9 Å². The largest absolute Gasteiger partial charge is 0.439 e. The zero-order valence-electron chi connectivity index (χ0n) is 15.5. The average Bonchev–Trinajstić information content (AvgIpc) is 3.08. The van der Waals surface area contributed by atoms with Crippen LogP contribution in [0.4, 0.5) is 4.39 Å². The molecule has 1 aromatic carbocycles. The number of benzene rings is 1. The molecule has 10 heteroatoms. The van der Waals surface area contributed by atoms with Crippen molar-refractivity contribution in [3.8, 4) is 11.6 Å². The predicted octanol–water partition coefficient (Wildman–Crippen LogP) is 2.62. The molecule has 0 atom stereocenters. The van der Waals surface area contributed by atoms with Crippen LogP contribution in [0, 0.1) is 5.82 Å². The Bertz CT molecular complexity index is 914. The summed E-state index contributed by atoms with van der Waals surface area (Å²) in [5.41, 5.74) is 0.947. The number of aromatic nitrogens is 4. The minimum atomic E-state index is -0.353. The Labute approximate surface area is 179 Å². The first-order valence-corrected chi connectivity index (χ1v) is 8.30. The van der Waals surface area contributed by atoms with Crippen molar-refractivity contribution in [2.75, 3.05) is 7.05 Å². The van der Waals surface area contributed by atoms with E-state index >= 15 is 0 Å². The highest BCUT2D eigenvalue weighted by Gasteiger charge is 2.04. The van der Waals surface area contributed by atoms with E-state index in [1.54, 1.807) is 36.1 Å². The van der Waals surface area contributed by atoms with Crippen LogP contribution < -0.4 is 15.4 Å². The minimum Gasteiger partial charge on any atom is -0.439 e. The standard InChI is InChI=1S/C18H20FN7O.HI/c1-20-18(23-11-16-24-12-25-26(16)2)22-10-13-6-7-17(21-9-13)27-15-5-3-4-14(19)8-15;/h3-9,12H,10-11H2,1-2H3,(H2,20,22,23);1H. The van der Waals surface area contributed by atoms with Crippen LogP contribution in [-0.2, 0) is 20.1 Å². The van der Waals surface area contributed by atoms with Crippen molar-refractivity contribution in [1.82, 2.24) is 30.4 Å². The number of aryl methyl sites for hydroxylation is 1. The normalized spacial score (nSPS) is 10.9. The molecule has 0 aliphatic rings. The molecule has 0 saturated carbocycles. The maximum absolute atomic E-state index is 13.2. The highest BCUT2D eigenvalue weighted by molar-refractivity contribution is 14.0. The Kier molecular flexibility index (Phi) is 8.11. The van der Waals surface area contributed by atoms with E-state index in [1.807, 2.05) is 13.1 Å². The molecule has 2 aromatic heterocycles. The van der Waals surface area contributed by atoms with Gasteiger partial charge in [0, 0.05) is 39.0 Å². The lowest BCUT2D eigenvalue weighted by Gasteiger charge is -2.11. The Morgan fingerprint density at radius 2 is 2.00 bits per heavy atom. The van der Waals surface area contributed by atoms with Gasteiger partial charge in [-0.3, -0.25) is 9.67 Å². The van der Waals surface area contributed by atoms with Gasteiger partial charge in [0.05, 0.1) is 6.54 Å². The Hall–Kier alpha value is -2.76. The molecule has 0 bridgehead atoms. The van der Waals surface area contributed by atoms with Crippen molar-refractivity contribution in [3.63, 3.8) is 0 Å². The van der Waals surface area contributed by atoms with Crippen LogP contribution in [0.5, 0.6) is 11.6 Å². The van der Waals surface area contributed by atoms with Crippen LogP contribution in [0.2, 0.25) is 0 Å². The molecule has 3 rings (SSSR count). The molecule has 0 aliphatic heterocycles. The van der Waals surface area contributed by atoms with Crippen molar-refractivity contribution >= 4 is 29.9 Å². The number of halogens is 2. The van der Waals surface area contributed by atoms with Gasteiger partial charge in [0.15, 0.2) is 5.96 Å². The van der Waals surface area contributed by atoms with E-state index in [0.717, 1.165) is 11.4 Å². The fourth-order valence-electron chi connectivity index (χ4n) is 2.28. The summed E-state index contributed by atoms with van der Waals surface area (Å²) < 4.78 is 20.4. The minimum absolute atomic E-state index is 0. The average molecular weight is 497 g/mol. The third-order valence-corrected chi connectivity index (χ3v) is 3.72. The smallest absolute Gasteiger partial charge is 0.219 e. The van der Waals surface area contributed by atoms with E-state index in [2.05, 4.69) is 30.7 Å². The fourth-order valence-corrected chi connectivity index (χ4v) is 2.28. The predicted molar refractivity (Wildman–Crippen MR) is 114 cm³/mol. The van der Waals surface area contributed by atoms with Gasteiger partial charge >= 0.3 is 0 Å². The zero-order valence-corrected chi connectivity index (χ0v) is 17.8. The molecule has 148 valence electrons. The lowest BCUT2D eigenvalue weighted by Crippen LogP contribution is -2.36. The second kappa shape index (κ2) is 10.5. The van der Waals surface area contributed by atoms with Crippen LogP contribution in [0.1, 0.15) is 11.4 Å². The van der Waals surface area contributed by atoms with Crippen molar-refractivity contribution < 1.29 is 9.13 Å². The van der Waals surface area contributed by atoms with Crippen LogP contribution >= 0.6 is 24.0 Å². The monoisotopic (exact) mass is 497 g/mol. The molecule has 2 N–H and O–H groups in total. The lowest BCUT2D eigenvalue weighted by molar-refractivity contribution is 0.457. The molecule has 8 nitrogen and oxygen atoms in total. The molecule has 3 aromatic rings. The van der Waals surface area contributed by atoms with Gasteiger partial charge in [-0.25, -0.2) is 14.4 Å². The van der Waals surface area contributed by atoms with E-state index in [0.29, 0.717) is 30.7 Å². The Morgan fingerprint density at radius 1 is 1.18 bits per heavy atom. The Morgan fingerprint density at radius 3 is 2.64 bits per heavy atom. The molecule has 0 aliphatic carbocycles. The molecule has 0 unspecified atom stereocenters. The molecular weight excluding hydrogens is 476 g/mol.